The summed E-state index contributed by atoms with van der Waals surface area (Å²) in [6, 6.07) is 56.3. The molecule has 3 heteroatoms. The zero-order valence-electron chi connectivity index (χ0n) is 24.4. The number of rotatable bonds is 2. The number of para-hydroxylation sites is 2. The molecule has 7 aromatic carbocycles. The Kier molecular flexibility index (Phi) is 4.43. The van der Waals surface area contributed by atoms with E-state index in [1.165, 1.54) is 93.6 Å². The van der Waals surface area contributed by atoms with Gasteiger partial charge in [0.1, 0.15) is 0 Å². The molecule has 2 aliphatic rings. The van der Waals surface area contributed by atoms with Gasteiger partial charge >= 0.3 is 6.85 Å². The molecule has 0 unspecified atom stereocenters. The minimum Gasteiger partial charge on any atom is -0.375 e. The molecule has 4 heterocycles. The predicted molar refractivity (Wildman–Crippen MR) is 191 cm³/mol. The van der Waals surface area contributed by atoms with Crippen LogP contribution in [0.2, 0.25) is 0 Å². The van der Waals surface area contributed by atoms with Gasteiger partial charge in [0.25, 0.3) is 0 Å². The van der Waals surface area contributed by atoms with Gasteiger partial charge in [-0.1, -0.05) is 115 Å². The van der Waals surface area contributed by atoms with Gasteiger partial charge in [0, 0.05) is 49.4 Å². The van der Waals surface area contributed by atoms with Crippen molar-refractivity contribution in [3.05, 3.63) is 152 Å². The molecule has 45 heavy (non-hydrogen) atoms. The highest BCUT2D eigenvalue weighted by Gasteiger charge is 2.39. The molecule has 2 nitrogen and oxygen atoms in total. The molecule has 0 amide bonds. The summed E-state index contributed by atoms with van der Waals surface area (Å²) in [5.41, 5.74) is 16.9. The molecule has 2 aliphatic heterocycles. The first-order valence-corrected chi connectivity index (χ1v) is 15.7. The van der Waals surface area contributed by atoms with E-state index in [4.69, 9.17) is 0 Å². The Morgan fingerprint density at radius 3 is 1.58 bits per heavy atom. The third kappa shape index (κ3) is 2.95. The van der Waals surface area contributed by atoms with E-state index >= 15 is 0 Å². The second-order valence-electron chi connectivity index (χ2n) is 12.5. The summed E-state index contributed by atoms with van der Waals surface area (Å²) in [6.07, 6.45) is 0. The first kappa shape index (κ1) is 23.6. The van der Waals surface area contributed by atoms with E-state index < -0.39 is 0 Å². The average molecular weight is 568 g/mol. The smallest absolute Gasteiger partial charge is 0.329 e. The molecule has 2 aromatic heterocycles. The Morgan fingerprint density at radius 1 is 0.378 bits per heavy atom. The zero-order chi connectivity index (χ0) is 29.2. The Bertz CT molecular complexity index is 2660. The summed E-state index contributed by atoms with van der Waals surface area (Å²) in [4.78, 5) is 0. The van der Waals surface area contributed by atoms with Crippen molar-refractivity contribution in [2.75, 3.05) is 0 Å². The van der Waals surface area contributed by atoms with Crippen LogP contribution in [0.15, 0.2) is 152 Å². The molecular formula is C42H25BN2. The van der Waals surface area contributed by atoms with E-state index in [1.807, 2.05) is 0 Å². The molecule has 9 aromatic rings. The summed E-state index contributed by atoms with van der Waals surface area (Å²) >= 11 is 0. The van der Waals surface area contributed by atoms with E-state index in [9.17, 15) is 0 Å². The van der Waals surface area contributed by atoms with Gasteiger partial charge in [-0.05, 0) is 69.6 Å². The predicted octanol–water partition coefficient (Wildman–Crippen LogP) is 9.17. The van der Waals surface area contributed by atoms with Crippen molar-refractivity contribution in [2.24, 2.45) is 0 Å². The molecule has 0 spiro atoms. The lowest BCUT2D eigenvalue weighted by Gasteiger charge is -2.32. The topological polar surface area (TPSA) is 9.86 Å². The summed E-state index contributed by atoms with van der Waals surface area (Å²) in [5.74, 6) is 0. The maximum atomic E-state index is 2.66. The van der Waals surface area contributed by atoms with Crippen molar-refractivity contribution >= 4 is 61.4 Å². The fourth-order valence-electron chi connectivity index (χ4n) is 8.50. The van der Waals surface area contributed by atoms with Crippen LogP contribution in [0.4, 0.5) is 0 Å². The van der Waals surface area contributed by atoms with Crippen LogP contribution < -0.4 is 10.9 Å². The standard InChI is InChI=1S/C42H25BN2/c1-2-12-26(13-3-1)27-22-33-29-14-4-8-18-37(29)43-38-19-9-5-15-30(38)35-24-28(25-36-34(23-27)41(33)45(43)42(35)36)44-39-20-10-6-16-31(39)32-17-7-11-21-40(32)44/h1-25H. The van der Waals surface area contributed by atoms with Crippen LogP contribution in [0.3, 0.4) is 0 Å². The quantitative estimate of drug-likeness (QED) is 0.184. The second-order valence-corrected chi connectivity index (χ2v) is 12.5. The van der Waals surface area contributed by atoms with E-state index in [1.54, 1.807) is 0 Å². The number of nitrogens with zero attached hydrogens (tertiary/aromatic N) is 2. The fourth-order valence-corrected chi connectivity index (χ4v) is 8.50. The van der Waals surface area contributed by atoms with Crippen LogP contribution in [0.25, 0.3) is 82.7 Å². The Labute approximate surface area is 260 Å². The number of aromatic nitrogens is 2. The lowest BCUT2D eigenvalue weighted by molar-refractivity contribution is 1.18. The van der Waals surface area contributed by atoms with Gasteiger partial charge in [-0.25, -0.2) is 0 Å². The fraction of sp³-hybridized carbons (Fsp3) is 0. The number of fused-ring (bicyclic) bond motifs is 10. The lowest BCUT2D eigenvalue weighted by atomic mass is 9.45. The Balaban J connectivity index is 1.36. The van der Waals surface area contributed by atoms with Crippen molar-refractivity contribution in [3.63, 3.8) is 0 Å². The lowest BCUT2D eigenvalue weighted by Crippen LogP contribution is -2.53. The molecular weight excluding hydrogens is 543 g/mol. The Morgan fingerprint density at radius 2 is 0.911 bits per heavy atom. The highest BCUT2D eigenvalue weighted by atomic mass is 15.0. The molecule has 0 bridgehead atoms. The minimum atomic E-state index is 0.138. The van der Waals surface area contributed by atoms with E-state index in [-0.39, 0.29) is 6.85 Å². The molecule has 0 N–H and O–H groups in total. The van der Waals surface area contributed by atoms with Crippen LogP contribution in [0.5, 0.6) is 0 Å². The molecule has 0 atom stereocenters. The van der Waals surface area contributed by atoms with Gasteiger partial charge < -0.3 is 9.05 Å². The second kappa shape index (κ2) is 8.43. The van der Waals surface area contributed by atoms with Crippen LogP contribution in [-0.2, 0) is 0 Å². The monoisotopic (exact) mass is 568 g/mol. The summed E-state index contributed by atoms with van der Waals surface area (Å²) < 4.78 is 5.12. The molecule has 0 fully saturated rings. The summed E-state index contributed by atoms with van der Waals surface area (Å²) in [5, 5.41) is 5.20. The number of hydrogen-bond donors (Lipinski definition) is 0. The summed E-state index contributed by atoms with van der Waals surface area (Å²) in [7, 11) is 0. The highest BCUT2D eigenvalue weighted by molar-refractivity contribution is 6.88. The van der Waals surface area contributed by atoms with Crippen molar-refractivity contribution in [3.8, 4) is 39.1 Å². The van der Waals surface area contributed by atoms with E-state index in [2.05, 4.69) is 161 Å². The maximum Gasteiger partial charge on any atom is 0.329 e. The van der Waals surface area contributed by atoms with Crippen molar-refractivity contribution in [1.29, 1.82) is 0 Å². The molecule has 0 saturated carbocycles. The third-order valence-corrected chi connectivity index (χ3v) is 10.3. The van der Waals surface area contributed by atoms with Gasteiger partial charge in [-0.15, -0.1) is 0 Å². The van der Waals surface area contributed by atoms with Crippen LogP contribution in [0.1, 0.15) is 0 Å². The largest absolute Gasteiger partial charge is 0.375 e. The molecule has 0 aliphatic carbocycles. The highest BCUT2D eigenvalue weighted by Crippen LogP contribution is 2.47. The zero-order valence-corrected chi connectivity index (χ0v) is 24.4. The third-order valence-electron chi connectivity index (χ3n) is 10.3. The van der Waals surface area contributed by atoms with Crippen LogP contribution >= 0.6 is 0 Å². The van der Waals surface area contributed by atoms with Gasteiger partial charge in [-0.2, -0.15) is 0 Å². The Hall–Kier alpha value is -5.80. The van der Waals surface area contributed by atoms with Gasteiger partial charge in [0.15, 0.2) is 0 Å². The SMILES string of the molecule is c1ccc(-c2cc3c4c(c2)c2cc(-n5c6ccccc6c6ccccc65)cc5c2n4B(c2ccccc2-3)c2ccccc2-5)cc1. The van der Waals surface area contributed by atoms with Gasteiger partial charge in [0.05, 0.1) is 11.0 Å². The van der Waals surface area contributed by atoms with Crippen molar-refractivity contribution < 1.29 is 0 Å². The van der Waals surface area contributed by atoms with Crippen molar-refractivity contribution in [2.45, 2.75) is 0 Å². The average Bonchev–Trinajstić information content (AvgIpc) is 3.62. The van der Waals surface area contributed by atoms with Crippen molar-refractivity contribution in [1.82, 2.24) is 9.05 Å². The van der Waals surface area contributed by atoms with E-state index in [0.29, 0.717) is 0 Å². The van der Waals surface area contributed by atoms with E-state index in [0.717, 1.165) is 0 Å². The molecule has 0 radical (unpaired) electrons. The van der Waals surface area contributed by atoms with Gasteiger partial charge in [0.2, 0.25) is 0 Å². The normalized spacial score (nSPS) is 12.8. The first-order chi connectivity index (χ1) is 22.3. The molecule has 0 saturated heterocycles. The number of hydrogen-bond acceptors (Lipinski definition) is 0. The van der Waals surface area contributed by atoms with Crippen LogP contribution in [-0.4, -0.2) is 15.9 Å². The first-order valence-electron chi connectivity index (χ1n) is 15.7. The van der Waals surface area contributed by atoms with Crippen LogP contribution in [0, 0.1) is 0 Å². The molecule has 206 valence electrons. The molecule has 11 rings (SSSR count). The number of benzene rings is 7. The minimum absolute atomic E-state index is 0.138. The maximum absolute atomic E-state index is 2.66. The van der Waals surface area contributed by atoms with Gasteiger partial charge in [-0.3, -0.25) is 0 Å². The summed E-state index contributed by atoms with van der Waals surface area (Å²) in [6.45, 7) is 0.138.